The van der Waals surface area contributed by atoms with Crippen molar-refractivity contribution >= 4 is 55.3 Å². The summed E-state index contributed by atoms with van der Waals surface area (Å²) >= 11 is 12.4. The average molecular weight is 421 g/mol. The van der Waals surface area contributed by atoms with Crippen LogP contribution in [0.2, 0.25) is 5.02 Å². The lowest BCUT2D eigenvalue weighted by Gasteiger charge is -2.08. The Labute approximate surface area is 136 Å². The Balaban J connectivity index is 2.02. The predicted octanol–water partition coefficient (Wildman–Crippen LogP) is 3.27. The van der Waals surface area contributed by atoms with Gasteiger partial charge in [-0.15, -0.1) is 0 Å². The molecule has 1 aromatic heterocycles. The van der Waals surface area contributed by atoms with Crippen molar-refractivity contribution in [2.75, 3.05) is 0 Å². The molecule has 0 aliphatic carbocycles. The van der Waals surface area contributed by atoms with Gasteiger partial charge >= 0.3 is 0 Å². The number of halogens is 3. The predicted molar refractivity (Wildman–Crippen MR) is 82.6 cm³/mol. The second kappa shape index (κ2) is 6.43. The van der Waals surface area contributed by atoms with Crippen LogP contribution >= 0.6 is 43.5 Å². The average Bonchev–Trinajstić information content (AvgIpc) is 2.85. The van der Waals surface area contributed by atoms with Gasteiger partial charge < -0.3 is 4.98 Å². The number of hydrogen-bond acceptors (Lipinski definition) is 2. The lowest BCUT2D eigenvalue weighted by Crippen LogP contribution is -2.41. The Morgan fingerprint density at radius 3 is 2.40 bits per heavy atom. The normalized spacial score (nSPS) is 10.2. The largest absolute Gasteiger partial charge is 0.356 e. The van der Waals surface area contributed by atoms with Gasteiger partial charge in [0.05, 0.1) is 10.6 Å². The van der Waals surface area contributed by atoms with E-state index in [2.05, 4.69) is 47.7 Å². The summed E-state index contributed by atoms with van der Waals surface area (Å²) in [5.74, 6) is -0.967. The fourth-order valence-corrected chi connectivity index (χ4v) is 2.33. The monoisotopic (exact) mass is 419 g/mol. The fraction of sp³-hybridized carbons (Fsp3) is 0. The Morgan fingerprint density at radius 2 is 1.75 bits per heavy atom. The van der Waals surface area contributed by atoms with Crippen molar-refractivity contribution in [3.05, 3.63) is 55.7 Å². The van der Waals surface area contributed by atoms with E-state index in [9.17, 15) is 9.59 Å². The van der Waals surface area contributed by atoms with Crippen molar-refractivity contribution in [1.82, 2.24) is 15.8 Å². The standard InChI is InChI=1S/C12H8Br2ClN3O2/c13-6-1-2-9(15)8(3-6)11(19)17-18-12(20)10-4-7(14)5-16-10/h1-5,16H,(H,17,19)(H,18,20). The van der Waals surface area contributed by atoms with Crippen LogP contribution < -0.4 is 10.9 Å². The molecular weight excluding hydrogens is 413 g/mol. The van der Waals surface area contributed by atoms with Gasteiger partial charge in [0.15, 0.2) is 0 Å². The third-order valence-electron chi connectivity index (χ3n) is 2.36. The zero-order chi connectivity index (χ0) is 14.7. The van der Waals surface area contributed by atoms with Gasteiger partial charge in [-0.25, -0.2) is 0 Å². The Morgan fingerprint density at radius 1 is 1.05 bits per heavy atom. The maximum absolute atomic E-state index is 11.9. The number of carbonyl (C=O) groups excluding carboxylic acids is 2. The van der Waals surface area contributed by atoms with Gasteiger partial charge in [-0.2, -0.15) is 0 Å². The topological polar surface area (TPSA) is 74.0 Å². The molecule has 5 nitrogen and oxygen atoms in total. The maximum Gasteiger partial charge on any atom is 0.286 e. The minimum Gasteiger partial charge on any atom is -0.356 e. The highest BCUT2D eigenvalue weighted by molar-refractivity contribution is 9.10. The lowest BCUT2D eigenvalue weighted by atomic mass is 10.2. The van der Waals surface area contributed by atoms with Crippen LogP contribution in [0.3, 0.4) is 0 Å². The molecule has 8 heteroatoms. The highest BCUT2D eigenvalue weighted by Crippen LogP contribution is 2.20. The summed E-state index contributed by atoms with van der Waals surface area (Å²) in [5.41, 5.74) is 5.16. The lowest BCUT2D eigenvalue weighted by molar-refractivity contribution is 0.0844. The van der Waals surface area contributed by atoms with Crippen molar-refractivity contribution in [2.45, 2.75) is 0 Å². The molecule has 0 atom stereocenters. The van der Waals surface area contributed by atoms with Crippen LogP contribution in [0.25, 0.3) is 0 Å². The molecule has 1 aromatic carbocycles. The van der Waals surface area contributed by atoms with Crippen molar-refractivity contribution in [1.29, 1.82) is 0 Å². The molecule has 0 bridgehead atoms. The summed E-state index contributed by atoms with van der Waals surface area (Å²) in [4.78, 5) is 26.4. The van der Waals surface area contributed by atoms with E-state index in [1.54, 1.807) is 30.5 Å². The van der Waals surface area contributed by atoms with E-state index in [1.165, 1.54) is 0 Å². The van der Waals surface area contributed by atoms with Gasteiger partial charge in [0.2, 0.25) is 0 Å². The minimum absolute atomic E-state index is 0.258. The van der Waals surface area contributed by atoms with Gasteiger partial charge in [0, 0.05) is 15.1 Å². The van der Waals surface area contributed by atoms with E-state index in [1.807, 2.05) is 0 Å². The number of benzene rings is 1. The molecule has 0 aliphatic heterocycles. The quantitative estimate of drug-likeness (QED) is 0.651. The number of nitrogens with one attached hydrogen (secondary N) is 3. The van der Waals surface area contributed by atoms with E-state index in [4.69, 9.17) is 11.6 Å². The smallest absolute Gasteiger partial charge is 0.286 e. The number of amides is 2. The summed E-state index contributed by atoms with van der Waals surface area (Å²) in [5, 5.41) is 0.294. The summed E-state index contributed by atoms with van der Waals surface area (Å²) in [6.45, 7) is 0. The highest BCUT2D eigenvalue weighted by atomic mass is 79.9. The van der Waals surface area contributed by atoms with Crippen molar-refractivity contribution in [3.63, 3.8) is 0 Å². The first-order valence-electron chi connectivity index (χ1n) is 5.37. The Kier molecular flexibility index (Phi) is 4.85. The molecule has 0 saturated heterocycles. The number of H-pyrrole nitrogens is 1. The minimum atomic E-state index is -0.504. The first kappa shape index (κ1) is 15.1. The molecule has 0 spiro atoms. The molecule has 0 fully saturated rings. The summed E-state index contributed by atoms with van der Waals surface area (Å²) in [7, 11) is 0. The van der Waals surface area contributed by atoms with E-state index >= 15 is 0 Å². The van der Waals surface area contributed by atoms with Gasteiger partial charge in [0.1, 0.15) is 5.69 Å². The first-order chi connectivity index (χ1) is 9.47. The third kappa shape index (κ3) is 3.62. The highest BCUT2D eigenvalue weighted by Gasteiger charge is 2.13. The van der Waals surface area contributed by atoms with Crippen LogP contribution in [0, 0.1) is 0 Å². The van der Waals surface area contributed by atoms with Crippen LogP contribution in [-0.2, 0) is 0 Å². The van der Waals surface area contributed by atoms with Crippen LogP contribution in [0.4, 0.5) is 0 Å². The number of aromatic nitrogens is 1. The number of carbonyl (C=O) groups is 2. The van der Waals surface area contributed by atoms with E-state index < -0.39 is 11.8 Å². The van der Waals surface area contributed by atoms with Crippen molar-refractivity contribution in [2.24, 2.45) is 0 Å². The maximum atomic E-state index is 11.9. The number of hydrazine groups is 1. The van der Waals surface area contributed by atoms with E-state index in [0.717, 1.165) is 4.47 Å². The summed E-state index contributed by atoms with van der Waals surface area (Å²) in [6, 6.07) is 6.46. The second-order valence-corrected chi connectivity index (χ2v) is 6.00. The number of aromatic amines is 1. The van der Waals surface area contributed by atoms with Crippen molar-refractivity contribution < 1.29 is 9.59 Å². The Bertz CT molecular complexity index is 672. The zero-order valence-corrected chi connectivity index (χ0v) is 13.8. The molecule has 2 aromatic rings. The van der Waals surface area contributed by atoms with Gasteiger partial charge in [0.25, 0.3) is 11.8 Å². The van der Waals surface area contributed by atoms with Gasteiger partial charge in [-0.1, -0.05) is 27.5 Å². The zero-order valence-electron chi connectivity index (χ0n) is 9.84. The molecule has 0 unspecified atom stereocenters. The molecule has 1 heterocycles. The van der Waals surface area contributed by atoms with Gasteiger partial charge in [-0.3, -0.25) is 20.4 Å². The van der Waals surface area contributed by atoms with Crippen LogP contribution in [0.5, 0.6) is 0 Å². The van der Waals surface area contributed by atoms with Crippen LogP contribution in [0.15, 0.2) is 39.4 Å². The second-order valence-electron chi connectivity index (χ2n) is 3.76. The third-order valence-corrected chi connectivity index (χ3v) is 3.64. The summed E-state index contributed by atoms with van der Waals surface area (Å²) in [6.07, 6.45) is 1.61. The molecule has 20 heavy (non-hydrogen) atoms. The molecule has 0 aliphatic rings. The van der Waals surface area contributed by atoms with Crippen LogP contribution in [0.1, 0.15) is 20.8 Å². The first-order valence-corrected chi connectivity index (χ1v) is 7.33. The molecule has 3 N–H and O–H groups in total. The van der Waals surface area contributed by atoms with Crippen molar-refractivity contribution in [3.8, 4) is 0 Å². The molecule has 2 rings (SSSR count). The van der Waals surface area contributed by atoms with E-state index in [-0.39, 0.29) is 5.56 Å². The van der Waals surface area contributed by atoms with Crippen LogP contribution in [-0.4, -0.2) is 16.8 Å². The molecule has 2 amide bonds. The summed E-state index contributed by atoms with van der Waals surface area (Å²) < 4.78 is 1.45. The number of hydrogen-bond donors (Lipinski definition) is 3. The molecular formula is C12H8Br2ClN3O2. The Hall–Kier alpha value is -1.31. The van der Waals surface area contributed by atoms with E-state index in [0.29, 0.717) is 15.2 Å². The molecule has 0 radical (unpaired) electrons. The fourth-order valence-electron chi connectivity index (χ4n) is 1.42. The molecule has 104 valence electrons. The SMILES string of the molecule is O=C(NNC(=O)c1cc(Br)ccc1Cl)c1cc(Br)c[nH]1. The van der Waals surface area contributed by atoms with Gasteiger partial charge in [-0.05, 0) is 40.2 Å². The number of rotatable bonds is 2. The molecule has 0 saturated carbocycles.